The summed E-state index contributed by atoms with van der Waals surface area (Å²) < 4.78 is 4.72. The Balaban J connectivity index is 0. The summed E-state index contributed by atoms with van der Waals surface area (Å²) in [5.41, 5.74) is 5.15. The smallest absolute Gasteiger partial charge is 0.102 e. The first-order chi connectivity index (χ1) is 3.27. The number of hydrogen-bond acceptors (Lipinski definition) is 3. The van der Waals surface area contributed by atoms with Gasteiger partial charge in [-0.15, -0.1) is 0 Å². The highest BCUT2D eigenvalue weighted by Crippen LogP contribution is 1.75. The molecule has 0 fully saturated rings. The second-order valence-corrected chi connectivity index (χ2v) is 1.30. The number of aliphatic hydroxyl groups excluding tert-OH is 1. The van der Waals surface area contributed by atoms with Crippen molar-refractivity contribution in [2.45, 2.75) is 13.2 Å². The van der Waals surface area contributed by atoms with Crippen LogP contribution in [0.4, 0.5) is 0 Å². The Kier molecular flexibility index (Phi) is 9.20. The molecule has 0 heterocycles. The molecule has 4 heteroatoms. The van der Waals surface area contributed by atoms with Gasteiger partial charge in [-0.05, 0) is 6.92 Å². The van der Waals surface area contributed by atoms with Crippen LogP contribution in [0.2, 0.25) is 0 Å². The lowest BCUT2D eigenvalue weighted by Crippen LogP contribution is -2.20. The molecule has 0 aromatic heterocycles. The summed E-state index contributed by atoms with van der Waals surface area (Å²) in [7, 11) is 0. The van der Waals surface area contributed by atoms with Crippen molar-refractivity contribution in [1.82, 2.24) is 0 Å². The Labute approximate surface area is 48.6 Å². The van der Waals surface area contributed by atoms with Crippen molar-refractivity contribution >= 4 is 0 Å². The number of ether oxygens (including phenoxy) is 1. The van der Waals surface area contributed by atoms with Crippen molar-refractivity contribution in [1.29, 1.82) is 0 Å². The molecule has 0 amide bonds. The van der Waals surface area contributed by atoms with E-state index >= 15 is 0 Å². The minimum Gasteiger partial charge on any atom is -0.412 e. The third kappa shape index (κ3) is 9.28. The topological polar surface area (TPSA) is 87.0 Å². The SMILES string of the molecule is CC(N)OCCO.O. The quantitative estimate of drug-likeness (QED) is 0.446. The first-order valence-corrected chi connectivity index (χ1v) is 2.25. The Hall–Kier alpha value is -0.160. The van der Waals surface area contributed by atoms with E-state index in [1.165, 1.54) is 0 Å². The fourth-order valence-electron chi connectivity index (χ4n) is 0.239. The van der Waals surface area contributed by atoms with Gasteiger partial charge >= 0.3 is 0 Å². The van der Waals surface area contributed by atoms with E-state index in [1.807, 2.05) is 0 Å². The zero-order valence-corrected chi connectivity index (χ0v) is 4.92. The fraction of sp³-hybridized carbons (Fsp3) is 1.00. The van der Waals surface area contributed by atoms with E-state index in [4.69, 9.17) is 15.6 Å². The van der Waals surface area contributed by atoms with Crippen LogP contribution < -0.4 is 5.73 Å². The van der Waals surface area contributed by atoms with Crippen LogP contribution in [0.25, 0.3) is 0 Å². The van der Waals surface area contributed by atoms with Crippen LogP contribution in [0.3, 0.4) is 0 Å². The molecule has 0 rings (SSSR count). The van der Waals surface area contributed by atoms with Gasteiger partial charge in [0.05, 0.1) is 13.2 Å². The predicted molar refractivity (Wildman–Crippen MR) is 30.3 cm³/mol. The fourth-order valence-corrected chi connectivity index (χ4v) is 0.239. The summed E-state index contributed by atoms with van der Waals surface area (Å²) >= 11 is 0. The highest BCUT2D eigenvalue weighted by atomic mass is 16.5. The van der Waals surface area contributed by atoms with Crippen molar-refractivity contribution in [3.05, 3.63) is 0 Å². The van der Waals surface area contributed by atoms with Crippen molar-refractivity contribution in [3.8, 4) is 0 Å². The molecule has 0 saturated heterocycles. The molecule has 0 saturated carbocycles. The van der Waals surface area contributed by atoms with Crippen molar-refractivity contribution < 1.29 is 15.3 Å². The molecule has 52 valence electrons. The van der Waals surface area contributed by atoms with Crippen LogP contribution in [0.15, 0.2) is 0 Å². The molecule has 8 heavy (non-hydrogen) atoms. The van der Waals surface area contributed by atoms with Gasteiger partial charge in [0.1, 0.15) is 6.23 Å². The summed E-state index contributed by atoms with van der Waals surface area (Å²) in [5, 5.41) is 8.13. The molecule has 0 spiro atoms. The highest BCUT2D eigenvalue weighted by Gasteiger charge is 1.87. The van der Waals surface area contributed by atoms with Gasteiger partial charge in [-0.1, -0.05) is 0 Å². The lowest BCUT2D eigenvalue weighted by atomic mass is 10.7. The van der Waals surface area contributed by atoms with Crippen LogP contribution in [0, 0.1) is 0 Å². The zero-order chi connectivity index (χ0) is 5.70. The van der Waals surface area contributed by atoms with Gasteiger partial charge in [-0.3, -0.25) is 0 Å². The predicted octanol–water partition coefficient (Wildman–Crippen LogP) is -1.52. The van der Waals surface area contributed by atoms with Gasteiger partial charge in [0.2, 0.25) is 0 Å². The molecule has 0 aliphatic heterocycles. The van der Waals surface area contributed by atoms with Gasteiger partial charge in [0.15, 0.2) is 0 Å². The van der Waals surface area contributed by atoms with Crippen LogP contribution in [0.1, 0.15) is 6.92 Å². The minimum atomic E-state index is -0.257. The van der Waals surface area contributed by atoms with Gasteiger partial charge in [0, 0.05) is 0 Å². The molecular formula is C4H13NO3. The van der Waals surface area contributed by atoms with Crippen LogP contribution in [-0.2, 0) is 4.74 Å². The largest absolute Gasteiger partial charge is 0.412 e. The van der Waals surface area contributed by atoms with Gasteiger partial charge in [-0.25, -0.2) is 0 Å². The van der Waals surface area contributed by atoms with Crippen molar-refractivity contribution in [2.75, 3.05) is 13.2 Å². The maximum absolute atomic E-state index is 8.13. The molecule has 0 aromatic rings. The minimum absolute atomic E-state index is 0. The number of hydrogen-bond donors (Lipinski definition) is 2. The van der Waals surface area contributed by atoms with E-state index < -0.39 is 0 Å². The Morgan fingerprint density at radius 1 is 1.75 bits per heavy atom. The Morgan fingerprint density at radius 3 is 2.38 bits per heavy atom. The van der Waals surface area contributed by atoms with Crippen molar-refractivity contribution in [3.63, 3.8) is 0 Å². The summed E-state index contributed by atoms with van der Waals surface area (Å²) in [6.45, 7) is 2.09. The second-order valence-electron chi connectivity index (χ2n) is 1.30. The summed E-state index contributed by atoms with van der Waals surface area (Å²) in [6, 6.07) is 0. The number of rotatable bonds is 3. The van der Waals surface area contributed by atoms with Crippen LogP contribution in [0.5, 0.6) is 0 Å². The van der Waals surface area contributed by atoms with E-state index in [9.17, 15) is 0 Å². The molecule has 0 bridgehead atoms. The maximum atomic E-state index is 8.13. The van der Waals surface area contributed by atoms with Gasteiger partial charge < -0.3 is 21.1 Å². The molecule has 0 aliphatic rings. The molecule has 0 aromatic carbocycles. The first-order valence-electron chi connectivity index (χ1n) is 2.25. The van der Waals surface area contributed by atoms with Gasteiger partial charge in [-0.2, -0.15) is 0 Å². The maximum Gasteiger partial charge on any atom is 0.102 e. The van der Waals surface area contributed by atoms with Crippen LogP contribution >= 0.6 is 0 Å². The number of aliphatic hydroxyl groups is 1. The lowest BCUT2D eigenvalue weighted by molar-refractivity contribution is 0.0429. The standard InChI is InChI=1S/C4H11NO2.H2O/c1-4(5)7-3-2-6;/h4,6H,2-3,5H2,1H3;1H2. The van der Waals surface area contributed by atoms with Crippen LogP contribution in [-0.4, -0.2) is 30.0 Å². The molecule has 1 atom stereocenters. The summed E-state index contributed by atoms with van der Waals surface area (Å²) in [4.78, 5) is 0. The first kappa shape index (κ1) is 10.8. The van der Waals surface area contributed by atoms with E-state index in [0.29, 0.717) is 6.61 Å². The molecule has 1 unspecified atom stereocenters. The average molecular weight is 123 g/mol. The van der Waals surface area contributed by atoms with E-state index in [0.717, 1.165) is 0 Å². The lowest BCUT2D eigenvalue weighted by Gasteiger charge is -2.02. The summed E-state index contributed by atoms with van der Waals surface area (Å²) in [6.07, 6.45) is -0.257. The Morgan fingerprint density at radius 2 is 2.25 bits per heavy atom. The summed E-state index contributed by atoms with van der Waals surface area (Å²) in [5.74, 6) is 0. The Bertz CT molecular complexity index is 40.3. The third-order valence-corrected chi connectivity index (χ3v) is 0.472. The monoisotopic (exact) mass is 123 g/mol. The highest BCUT2D eigenvalue weighted by molar-refractivity contribution is 4.31. The number of nitrogens with two attached hydrogens (primary N) is 1. The van der Waals surface area contributed by atoms with Crippen molar-refractivity contribution in [2.24, 2.45) is 5.73 Å². The van der Waals surface area contributed by atoms with E-state index in [-0.39, 0.29) is 18.3 Å². The zero-order valence-electron chi connectivity index (χ0n) is 4.92. The normalized spacial score (nSPS) is 12.4. The van der Waals surface area contributed by atoms with E-state index in [2.05, 4.69) is 0 Å². The molecular weight excluding hydrogens is 110 g/mol. The second kappa shape index (κ2) is 6.84. The molecule has 5 N–H and O–H groups in total. The molecule has 4 nitrogen and oxygen atoms in total. The van der Waals surface area contributed by atoms with Gasteiger partial charge in [0.25, 0.3) is 0 Å². The van der Waals surface area contributed by atoms with E-state index in [1.54, 1.807) is 6.92 Å². The third-order valence-electron chi connectivity index (χ3n) is 0.472. The molecule has 0 aliphatic carbocycles. The average Bonchev–Trinajstić information content (AvgIpc) is 1.61. The molecule has 0 radical (unpaired) electrons.